The Morgan fingerprint density at radius 2 is 1.80 bits per heavy atom. The molecule has 1 aromatic carbocycles. The average Bonchev–Trinajstić information content (AvgIpc) is 2.83. The van der Waals surface area contributed by atoms with E-state index in [-0.39, 0.29) is 23.9 Å². The SMILES string of the molecule is CC(C)N1C(=O)c2ccccc2CC1(C)C(=O)NC1CCCCCC1. The Balaban J connectivity index is 1.88. The second kappa shape index (κ2) is 7.19. The van der Waals surface area contributed by atoms with Crippen LogP contribution in [-0.2, 0) is 11.2 Å². The standard InChI is InChI=1S/C21H30N2O2/c1-15(2)23-19(24)18-13-9-8-10-16(18)14-21(23,3)20(25)22-17-11-6-4-5-7-12-17/h8-10,13,15,17H,4-7,11-12,14H2,1-3H3,(H,22,25). The second-order valence-electron chi connectivity index (χ2n) is 8.04. The number of rotatable bonds is 3. The van der Waals surface area contributed by atoms with E-state index in [1.54, 1.807) is 4.90 Å². The smallest absolute Gasteiger partial charge is 0.255 e. The van der Waals surface area contributed by atoms with Gasteiger partial charge < -0.3 is 10.2 Å². The van der Waals surface area contributed by atoms with Gasteiger partial charge in [0.25, 0.3) is 5.91 Å². The molecule has 0 spiro atoms. The number of carbonyl (C=O) groups is 2. The highest BCUT2D eigenvalue weighted by atomic mass is 16.2. The van der Waals surface area contributed by atoms with Crippen molar-refractivity contribution in [1.29, 1.82) is 0 Å². The summed E-state index contributed by atoms with van der Waals surface area (Å²) < 4.78 is 0. The van der Waals surface area contributed by atoms with Crippen molar-refractivity contribution >= 4 is 11.8 Å². The summed E-state index contributed by atoms with van der Waals surface area (Å²) >= 11 is 0. The molecule has 0 saturated heterocycles. The first-order chi connectivity index (χ1) is 11.9. The molecule has 1 aromatic rings. The summed E-state index contributed by atoms with van der Waals surface area (Å²) in [7, 11) is 0. The maximum atomic E-state index is 13.3. The topological polar surface area (TPSA) is 49.4 Å². The number of hydrogen-bond acceptors (Lipinski definition) is 2. The molecule has 1 atom stereocenters. The van der Waals surface area contributed by atoms with E-state index >= 15 is 0 Å². The van der Waals surface area contributed by atoms with Crippen LogP contribution in [-0.4, -0.2) is 34.3 Å². The quantitative estimate of drug-likeness (QED) is 0.852. The van der Waals surface area contributed by atoms with Crippen molar-refractivity contribution in [3.05, 3.63) is 35.4 Å². The lowest BCUT2D eigenvalue weighted by atomic mass is 9.81. The highest BCUT2D eigenvalue weighted by Crippen LogP contribution is 2.33. The Morgan fingerprint density at radius 3 is 2.44 bits per heavy atom. The van der Waals surface area contributed by atoms with Crippen LogP contribution >= 0.6 is 0 Å². The number of fused-ring (bicyclic) bond motifs is 1. The maximum Gasteiger partial charge on any atom is 0.255 e. The number of nitrogens with one attached hydrogen (secondary N) is 1. The Morgan fingerprint density at radius 1 is 1.16 bits per heavy atom. The molecule has 1 aliphatic carbocycles. The van der Waals surface area contributed by atoms with Crippen molar-refractivity contribution in [1.82, 2.24) is 10.2 Å². The van der Waals surface area contributed by atoms with Gasteiger partial charge in [0.2, 0.25) is 5.91 Å². The van der Waals surface area contributed by atoms with Crippen LogP contribution in [0.2, 0.25) is 0 Å². The van der Waals surface area contributed by atoms with Crippen LogP contribution in [0, 0.1) is 0 Å². The third-order valence-electron chi connectivity index (χ3n) is 5.73. The molecule has 3 rings (SSSR count). The number of nitrogens with zero attached hydrogens (tertiary/aromatic N) is 1. The van der Waals surface area contributed by atoms with Crippen LogP contribution < -0.4 is 5.32 Å². The van der Waals surface area contributed by atoms with Gasteiger partial charge in [-0.1, -0.05) is 43.9 Å². The van der Waals surface area contributed by atoms with Crippen LogP contribution in [0.5, 0.6) is 0 Å². The summed E-state index contributed by atoms with van der Waals surface area (Å²) in [5.41, 5.74) is 0.880. The molecule has 1 aliphatic heterocycles. The van der Waals surface area contributed by atoms with E-state index in [1.807, 2.05) is 45.0 Å². The normalized spacial score (nSPS) is 24.8. The van der Waals surface area contributed by atoms with Crippen molar-refractivity contribution in [2.24, 2.45) is 0 Å². The Hall–Kier alpha value is -1.84. The van der Waals surface area contributed by atoms with E-state index in [4.69, 9.17) is 0 Å². The summed E-state index contributed by atoms with van der Waals surface area (Å²) in [6, 6.07) is 7.90. The molecule has 4 heteroatoms. The first-order valence-corrected chi connectivity index (χ1v) is 9.66. The zero-order valence-corrected chi connectivity index (χ0v) is 15.7. The molecular weight excluding hydrogens is 312 g/mol. The fourth-order valence-corrected chi connectivity index (χ4v) is 4.45. The molecule has 0 radical (unpaired) electrons. The Bertz CT molecular complexity index is 647. The van der Waals surface area contributed by atoms with E-state index < -0.39 is 5.54 Å². The molecule has 1 heterocycles. The molecule has 136 valence electrons. The minimum Gasteiger partial charge on any atom is -0.351 e. The largest absolute Gasteiger partial charge is 0.351 e. The number of benzene rings is 1. The first kappa shape index (κ1) is 18.0. The van der Waals surface area contributed by atoms with Crippen molar-refractivity contribution in [2.45, 2.75) is 83.3 Å². The van der Waals surface area contributed by atoms with Gasteiger partial charge in [0.05, 0.1) is 0 Å². The monoisotopic (exact) mass is 342 g/mol. The summed E-state index contributed by atoms with van der Waals surface area (Å²) in [5, 5.41) is 3.27. The van der Waals surface area contributed by atoms with Crippen LogP contribution in [0.15, 0.2) is 24.3 Å². The fourth-order valence-electron chi connectivity index (χ4n) is 4.45. The lowest BCUT2D eigenvalue weighted by Crippen LogP contribution is -2.65. The summed E-state index contributed by atoms with van der Waals surface area (Å²) in [5.74, 6) is -0.0358. The number of amides is 2. The molecule has 1 saturated carbocycles. The Kier molecular flexibility index (Phi) is 5.16. The van der Waals surface area contributed by atoms with Crippen LogP contribution in [0.3, 0.4) is 0 Å². The van der Waals surface area contributed by atoms with Gasteiger partial charge in [-0.15, -0.1) is 0 Å². The van der Waals surface area contributed by atoms with Gasteiger partial charge in [-0.2, -0.15) is 0 Å². The van der Waals surface area contributed by atoms with E-state index in [2.05, 4.69) is 5.32 Å². The van der Waals surface area contributed by atoms with E-state index in [0.29, 0.717) is 6.42 Å². The van der Waals surface area contributed by atoms with Gasteiger partial charge in [-0.25, -0.2) is 0 Å². The molecule has 1 fully saturated rings. The minimum atomic E-state index is -0.827. The molecule has 1 unspecified atom stereocenters. The zero-order valence-electron chi connectivity index (χ0n) is 15.7. The summed E-state index contributed by atoms with van der Waals surface area (Å²) in [4.78, 5) is 28.1. The van der Waals surface area contributed by atoms with Gasteiger partial charge in [-0.05, 0) is 45.2 Å². The van der Waals surface area contributed by atoms with Gasteiger partial charge >= 0.3 is 0 Å². The van der Waals surface area contributed by atoms with E-state index in [0.717, 1.165) is 24.0 Å². The third kappa shape index (κ3) is 3.44. The molecule has 1 N–H and O–H groups in total. The summed E-state index contributed by atoms with van der Waals surface area (Å²) in [6.45, 7) is 5.90. The minimum absolute atomic E-state index is 0.00375. The van der Waals surface area contributed by atoms with Crippen molar-refractivity contribution in [3.63, 3.8) is 0 Å². The first-order valence-electron chi connectivity index (χ1n) is 9.66. The molecule has 25 heavy (non-hydrogen) atoms. The van der Waals surface area contributed by atoms with Crippen molar-refractivity contribution < 1.29 is 9.59 Å². The van der Waals surface area contributed by atoms with Gasteiger partial charge in [-0.3, -0.25) is 9.59 Å². The van der Waals surface area contributed by atoms with E-state index in [9.17, 15) is 9.59 Å². The summed E-state index contributed by atoms with van der Waals surface area (Å²) in [6.07, 6.45) is 7.55. The van der Waals surface area contributed by atoms with Crippen LogP contribution in [0.1, 0.15) is 75.2 Å². The van der Waals surface area contributed by atoms with Crippen molar-refractivity contribution in [2.75, 3.05) is 0 Å². The predicted molar refractivity (Wildman–Crippen MR) is 99.5 cm³/mol. The fraction of sp³-hybridized carbons (Fsp3) is 0.619. The van der Waals surface area contributed by atoms with Crippen LogP contribution in [0.4, 0.5) is 0 Å². The van der Waals surface area contributed by atoms with Crippen LogP contribution in [0.25, 0.3) is 0 Å². The lowest BCUT2D eigenvalue weighted by molar-refractivity contribution is -0.133. The second-order valence-corrected chi connectivity index (χ2v) is 8.04. The third-order valence-corrected chi connectivity index (χ3v) is 5.73. The Labute approximate surface area is 151 Å². The molecule has 0 aromatic heterocycles. The van der Waals surface area contributed by atoms with Gasteiger partial charge in [0.1, 0.15) is 5.54 Å². The number of carbonyl (C=O) groups excluding carboxylic acids is 2. The van der Waals surface area contributed by atoms with Gasteiger partial charge in [0, 0.05) is 24.1 Å². The molecule has 0 bridgehead atoms. The molecule has 2 aliphatic rings. The molecule has 2 amide bonds. The average molecular weight is 342 g/mol. The predicted octanol–water partition coefficient (Wildman–Crippen LogP) is 3.69. The maximum absolute atomic E-state index is 13.3. The lowest BCUT2D eigenvalue weighted by Gasteiger charge is -2.46. The number of hydrogen-bond donors (Lipinski definition) is 1. The zero-order chi connectivity index (χ0) is 18.0. The van der Waals surface area contributed by atoms with Gasteiger partial charge in [0.15, 0.2) is 0 Å². The highest BCUT2D eigenvalue weighted by molar-refractivity contribution is 6.02. The molecular formula is C21H30N2O2. The highest BCUT2D eigenvalue weighted by Gasteiger charge is 2.48. The van der Waals surface area contributed by atoms with E-state index in [1.165, 1.54) is 25.7 Å². The molecule has 4 nitrogen and oxygen atoms in total. The van der Waals surface area contributed by atoms with Crippen molar-refractivity contribution in [3.8, 4) is 0 Å².